The quantitative estimate of drug-likeness (QED) is 0.841. The Morgan fingerprint density at radius 1 is 1.50 bits per heavy atom. The molecule has 0 aliphatic carbocycles. The highest BCUT2D eigenvalue weighted by atomic mass is 79.9. The molecule has 1 amide bonds. The van der Waals surface area contributed by atoms with Gasteiger partial charge in [-0.15, -0.1) is 0 Å². The van der Waals surface area contributed by atoms with Gasteiger partial charge in [0.1, 0.15) is 0 Å². The molecule has 0 saturated carbocycles. The Bertz CT molecular complexity index is 536. The fraction of sp³-hybridized carbons (Fsp3) is 0.500. The molecule has 0 saturated heterocycles. The number of sulfonamides is 1. The second kappa shape index (κ2) is 5.41. The summed E-state index contributed by atoms with van der Waals surface area (Å²) in [4.78, 5) is 11.8. The maximum absolute atomic E-state index is 11.8. The van der Waals surface area contributed by atoms with Crippen LogP contribution in [0.25, 0.3) is 0 Å². The van der Waals surface area contributed by atoms with E-state index in [1.165, 1.54) is 12.3 Å². The Hall–Kier alpha value is -0.860. The molecular formula is C10H15BrN2O4S. The number of amides is 1. The largest absolute Gasteiger partial charge is 0.457 e. The van der Waals surface area contributed by atoms with Crippen LogP contribution in [0.15, 0.2) is 21.4 Å². The second-order valence-corrected chi connectivity index (χ2v) is 7.02. The van der Waals surface area contributed by atoms with Crippen LogP contribution in [0.2, 0.25) is 0 Å². The third-order valence-corrected chi connectivity index (χ3v) is 3.55. The van der Waals surface area contributed by atoms with Crippen LogP contribution in [0.1, 0.15) is 24.2 Å². The van der Waals surface area contributed by atoms with Gasteiger partial charge in [0.05, 0.1) is 18.1 Å². The molecule has 1 heterocycles. The zero-order valence-electron chi connectivity index (χ0n) is 10.3. The first-order valence-electron chi connectivity index (χ1n) is 5.11. The SMILES string of the molecule is CC(C)(CNC(=O)c1ccoc1Br)NS(C)(=O)=O. The predicted octanol–water partition coefficient (Wildman–Crippen LogP) is 1.10. The van der Waals surface area contributed by atoms with Gasteiger partial charge in [-0.25, -0.2) is 13.1 Å². The van der Waals surface area contributed by atoms with Crippen molar-refractivity contribution >= 4 is 31.9 Å². The van der Waals surface area contributed by atoms with E-state index in [0.29, 0.717) is 10.2 Å². The van der Waals surface area contributed by atoms with Gasteiger partial charge in [-0.1, -0.05) is 0 Å². The zero-order chi connectivity index (χ0) is 14.0. The first kappa shape index (κ1) is 15.2. The maximum Gasteiger partial charge on any atom is 0.255 e. The summed E-state index contributed by atoms with van der Waals surface area (Å²) in [6.07, 6.45) is 2.46. The lowest BCUT2D eigenvalue weighted by Gasteiger charge is -2.25. The Labute approximate surface area is 114 Å². The highest BCUT2D eigenvalue weighted by molar-refractivity contribution is 9.10. The highest BCUT2D eigenvalue weighted by Gasteiger charge is 2.23. The number of hydrogen-bond acceptors (Lipinski definition) is 4. The van der Waals surface area contributed by atoms with Gasteiger partial charge in [0.15, 0.2) is 4.67 Å². The van der Waals surface area contributed by atoms with Crippen LogP contribution in [-0.2, 0) is 10.0 Å². The van der Waals surface area contributed by atoms with Gasteiger partial charge in [-0.3, -0.25) is 4.79 Å². The summed E-state index contributed by atoms with van der Waals surface area (Å²) in [5.74, 6) is -0.334. The average Bonchev–Trinajstić information content (AvgIpc) is 2.57. The molecule has 0 aliphatic rings. The topological polar surface area (TPSA) is 88.4 Å². The van der Waals surface area contributed by atoms with Crippen LogP contribution < -0.4 is 10.0 Å². The van der Waals surface area contributed by atoms with Crippen molar-refractivity contribution in [1.29, 1.82) is 0 Å². The molecule has 18 heavy (non-hydrogen) atoms. The van der Waals surface area contributed by atoms with Gasteiger partial charge in [-0.2, -0.15) is 0 Å². The molecule has 8 heteroatoms. The van der Waals surface area contributed by atoms with Crippen molar-refractivity contribution in [2.24, 2.45) is 0 Å². The van der Waals surface area contributed by atoms with Crippen molar-refractivity contribution in [2.75, 3.05) is 12.8 Å². The van der Waals surface area contributed by atoms with Crippen molar-refractivity contribution in [3.8, 4) is 0 Å². The molecular weight excluding hydrogens is 324 g/mol. The van der Waals surface area contributed by atoms with E-state index >= 15 is 0 Å². The Morgan fingerprint density at radius 2 is 2.11 bits per heavy atom. The molecule has 0 aromatic carbocycles. The smallest absolute Gasteiger partial charge is 0.255 e. The van der Waals surface area contributed by atoms with Crippen molar-refractivity contribution in [1.82, 2.24) is 10.0 Å². The van der Waals surface area contributed by atoms with Gasteiger partial charge < -0.3 is 9.73 Å². The highest BCUT2D eigenvalue weighted by Crippen LogP contribution is 2.17. The van der Waals surface area contributed by atoms with Crippen LogP contribution >= 0.6 is 15.9 Å². The number of nitrogens with one attached hydrogen (secondary N) is 2. The first-order valence-corrected chi connectivity index (χ1v) is 7.79. The summed E-state index contributed by atoms with van der Waals surface area (Å²) in [6.45, 7) is 3.52. The lowest BCUT2D eigenvalue weighted by molar-refractivity contribution is 0.0942. The number of carbonyl (C=O) groups is 1. The lowest BCUT2D eigenvalue weighted by atomic mass is 10.1. The van der Waals surface area contributed by atoms with E-state index in [0.717, 1.165) is 6.26 Å². The first-order chi connectivity index (χ1) is 8.11. The molecule has 1 aromatic heterocycles. The maximum atomic E-state index is 11.8. The molecule has 0 unspecified atom stereocenters. The number of halogens is 1. The molecule has 0 aliphatic heterocycles. The fourth-order valence-corrected chi connectivity index (χ4v) is 2.89. The Morgan fingerprint density at radius 3 is 2.56 bits per heavy atom. The lowest BCUT2D eigenvalue weighted by Crippen LogP contribution is -2.51. The van der Waals surface area contributed by atoms with E-state index in [-0.39, 0.29) is 12.5 Å². The molecule has 0 spiro atoms. The van der Waals surface area contributed by atoms with E-state index < -0.39 is 15.6 Å². The molecule has 0 atom stereocenters. The number of hydrogen-bond donors (Lipinski definition) is 2. The normalized spacial score (nSPS) is 12.4. The number of carbonyl (C=O) groups excluding carboxylic acids is 1. The van der Waals surface area contributed by atoms with E-state index in [2.05, 4.69) is 26.0 Å². The molecule has 0 fully saturated rings. The Kier molecular flexibility index (Phi) is 4.57. The third kappa shape index (κ3) is 4.79. The minimum atomic E-state index is -3.32. The van der Waals surface area contributed by atoms with E-state index in [9.17, 15) is 13.2 Å². The van der Waals surface area contributed by atoms with Crippen LogP contribution in [-0.4, -0.2) is 32.7 Å². The van der Waals surface area contributed by atoms with E-state index in [1.54, 1.807) is 13.8 Å². The third-order valence-electron chi connectivity index (χ3n) is 2.02. The molecule has 0 radical (unpaired) electrons. The minimum absolute atomic E-state index is 0.163. The molecule has 6 nitrogen and oxygen atoms in total. The summed E-state index contributed by atoms with van der Waals surface area (Å²) in [5, 5.41) is 2.63. The molecule has 102 valence electrons. The fourth-order valence-electron chi connectivity index (χ4n) is 1.39. The van der Waals surface area contributed by atoms with Crippen molar-refractivity contribution in [3.63, 3.8) is 0 Å². The minimum Gasteiger partial charge on any atom is -0.457 e. The predicted molar refractivity (Wildman–Crippen MR) is 70.8 cm³/mol. The zero-order valence-corrected chi connectivity index (χ0v) is 12.7. The molecule has 1 rings (SSSR count). The summed E-state index contributed by atoms with van der Waals surface area (Å²) < 4.78 is 30.0. The van der Waals surface area contributed by atoms with Gasteiger partial charge in [-0.05, 0) is 35.8 Å². The van der Waals surface area contributed by atoms with Crippen molar-refractivity contribution in [3.05, 3.63) is 22.6 Å². The van der Waals surface area contributed by atoms with Crippen molar-refractivity contribution in [2.45, 2.75) is 19.4 Å². The van der Waals surface area contributed by atoms with Crippen LogP contribution in [0.3, 0.4) is 0 Å². The van der Waals surface area contributed by atoms with Crippen molar-refractivity contribution < 1.29 is 17.6 Å². The number of rotatable bonds is 5. The van der Waals surface area contributed by atoms with Gasteiger partial charge >= 0.3 is 0 Å². The average molecular weight is 339 g/mol. The van der Waals surface area contributed by atoms with Gasteiger partial charge in [0.25, 0.3) is 5.91 Å². The molecule has 1 aromatic rings. The van der Waals surface area contributed by atoms with Crippen LogP contribution in [0, 0.1) is 0 Å². The summed E-state index contributed by atoms with van der Waals surface area (Å²) in [7, 11) is -3.32. The molecule has 2 N–H and O–H groups in total. The summed E-state index contributed by atoms with van der Waals surface area (Å²) >= 11 is 3.10. The van der Waals surface area contributed by atoms with Crippen LogP contribution in [0.5, 0.6) is 0 Å². The second-order valence-electron chi connectivity index (χ2n) is 4.55. The summed E-state index contributed by atoms with van der Waals surface area (Å²) in [6, 6.07) is 1.52. The van der Waals surface area contributed by atoms with Gasteiger partial charge in [0, 0.05) is 12.1 Å². The van der Waals surface area contributed by atoms with Crippen LogP contribution in [0.4, 0.5) is 0 Å². The summed E-state index contributed by atoms with van der Waals surface area (Å²) in [5.41, 5.74) is -0.399. The van der Waals surface area contributed by atoms with Gasteiger partial charge in [0.2, 0.25) is 10.0 Å². The number of furan rings is 1. The molecule has 0 bridgehead atoms. The van der Waals surface area contributed by atoms with E-state index in [1.807, 2.05) is 0 Å². The van der Waals surface area contributed by atoms with E-state index in [4.69, 9.17) is 4.42 Å². The standard InChI is InChI=1S/C10H15BrN2O4S/c1-10(2,13-18(3,15)16)6-12-9(14)7-4-5-17-8(7)11/h4-5,13H,6H2,1-3H3,(H,12,14). The Balaban J connectivity index is 2.61. The monoisotopic (exact) mass is 338 g/mol.